The quantitative estimate of drug-likeness (QED) is 0.767. The van der Waals surface area contributed by atoms with Gasteiger partial charge in [0.15, 0.2) is 5.78 Å². The van der Waals surface area contributed by atoms with Gasteiger partial charge in [-0.1, -0.05) is 17.7 Å². The van der Waals surface area contributed by atoms with Gasteiger partial charge >= 0.3 is 0 Å². The SMILES string of the molecule is COc1ccc(C(=O)c2cc(C)ccc2C)cc1. The Morgan fingerprint density at radius 3 is 2.28 bits per heavy atom. The molecule has 0 aliphatic heterocycles. The number of methoxy groups -OCH3 is 1. The summed E-state index contributed by atoms with van der Waals surface area (Å²) in [6.07, 6.45) is 0. The summed E-state index contributed by atoms with van der Waals surface area (Å²) in [4.78, 5) is 12.4. The number of carbonyl (C=O) groups is 1. The van der Waals surface area contributed by atoms with Crippen LogP contribution in [-0.2, 0) is 0 Å². The molecular weight excluding hydrogens is 224 g/mol. The number of ketones is 1. The maximum absolute atomic E-state index is 12.4. The van der Waals surface area contributed by atoms with Crippen LogP contribution in [0.5, 0.6) is 5.75 Å². The highest BCUT2D eigenvalue weighted by Crippen LogP contribution is 2.18. The minimum Gasteiger partial charge on any atom is -0.497 e. The average molecular weight is 240 g/mol. The number of aryl methyl sites for hydroxylation is 2. The summed E-state index contributed by atoms with van der Waals surface area (Å²) in [6.45, 7) is 3.94. The van der Waals surface area contributed by atoms with Crippen molar-refractivity contribution in [1.82, 2.24) is 0 Å². The van der Waals surface area contributed by atoms with Crippen molar-refractivity contribution in [2.45, 2.75) is 13.8 Å². The third-order valence-electron chi connectivity index (χ3n) is 2.99. The molecule has 0 radical (unpaired) electrons. The molecule has 0 spiro atoms. The zero-order valence-electron chi connectivity index (χ0n) is 10.9. The van der Waals surface area contributed by atoms with Gasteiger partial charge in [0, 0.05) is 11.1 Å². The molecule has 0 aliphatic rings. The van der Waals surface area contributed by atoms with E-state index in [0.29, 0.717) is 5.56 Å². The molecule has 0 bridgehead atoms. The second-order valence-electron chi connectivity index (χ2n) is 4.38. The van der Waals surface area contributed by atoms with Crippen LogP contribution in [0.2, 0.25) is 0 Å². The molecule has 0 amide bonds. The van der Waals surface area contributed by atoms with Crippen LogP contribution >= 0.6 is 0 Å². The third-order valence-corrected chi connectivity index (χ3v) is 2.99. The van der Waals surface area contributed by atoms with Gasteiger partial charge in [0.1, 0.15) is 5.75 Å². The van der Waals surface area contributed by atoms with Crippen LogP contribution in [0, 0.1) is 13.8 Å². The highest BCUT2D eigenvalue weighted by molar-refractivity contribution is 6.10. The fraction of sp³-hybridized carbons (Fsp3) is 0.188. The summed E-state index contributed by atoms with van der Waals surface area (Å²) >= 11 is 0. The first-order valence-electron chi connectivity index (χ1n) is 5.88. The van der Waals surface area contributed by atoms with Gasteiger partial charge in [0.2, 0.25) is 0 Å². The fourth-order valence-corrected chi connectivity index (χ4v) is 1.88. The average Bonchev–Trinajstić information content (AvgIpc) is 2.41. The minimum absolute atomic E-state index is 0.0545. The molecule has 0 fully saturated rings. The maximum Gasteiger partial charge on any atom is 0.193 e. The molecule has 92 valence electrons. The first kappa shape index (κ1) is 12.4. The van der Waals surface area contributed by atoms with E-state index in [9.17, 15) is 4.79 Å². The van der Waals surface area contributed by atoms with Crippen LogP contribution in [-0.4, -0.2) is 12.9 Å². The Kier molecular flexibility index (Phi) is 3.47. The highest BCUT2D eigenvalue weighted by atomic mass is 16.5. The summed E-state index contributed by atoms with van der Waals surface area (Å²) in [6, 6.07) is 13.1. The van der Waals surface area contributed by atoms with Gasteiger partial charge in [-0.15, -0.1) is 0 Å². The van der Waals surface area contributed by atoms with Gasteiger partial charge in [-0.3, -0.25) is 4.79 Å². The second-order valence-corrected chi connectivity index (χ2v) is 4.38. The lowest BCUT2D eigenvalue weighted by Crippen LogP contribution is -2.04. The molecule has 0 saturated heterocycles. The summed E-state index contributed by atoms with van der Waals surface area (Å²) in [5, 5.41) is 0. The van der Waals surface area contributed by atoms with Crippen LogP contribution in [0.4, 0.5) is 0 Å². The Bertz CT molecular complexity index is 568. The molecule has 2 aromatic carbocycles. The fourth-order valence-electron chi connectivity index (χ4n) is 1.88. The Hall–Kier alpha value is -2.09. The van der Waals surface area contributed by atoms with E-state index in [1.165, 1.54) is 0 Å². The smallest absolute Gasteiger partial charge is 0.193 e. The van der Waals surface area contributed by atoms with Crippen molar-refractivity contribution >= 4 is 5.78 Å². The van der Waals surface area contributed by atoms with Crippen LogP contribution < -0.4 is 4.74 Å². The van der Waals surface area contributed by atoms with E-state index >= 15 is 0 Å². The Morgan fingerprint density at radius 2 is 1.67 bits per heavy atom. The number of hydrogen-bond donors (Lipinski definition) is 0. The highest BCUT2D eigenvalue weighted by Gasteiger charge is 2.11. The molecule has 0 atom stereocenters. The van der Waals surface area contributed by atoms with E-state index in [0.717, 1.165) is 22.4 Å². The molecule has 2 aromatic rings. The van der Waals surface area contributed by atoms with Gasteiger partial charge in [0.05, 0.1) is 7.11 Å². The third kappa shape index (κ3) is 2.43. The maximum atomic E-state index is 12.4. The van der Waals surface area contributed by atoms with Crippen molar-refractivity contribution in [1.29, 1.82) is 0 Å². The lowest BCUT2D eigenvalue weighted by Gasteiger charge is -2.07. The van der Waals surface area contributed by atoms with E-state index in [1.54, 1.807) is 31.4 Å². The van der Waals surface area contributed by atoms with E-state index < -0.39 is 0 Å². The zero-order chi connectivity index (χ0) is 13.1. The van der Waals surface area contributed by atoms with Gasteiger partial charge in [-0.2, -0.15) is 0 Å². The van der Waals surface area contributed by atoms with Crippen molar-refractivity contribution in [3.63, 3.8) is 0 Å². The second kappa shape index (κ2) is 5.05. The van der Waals surface area contributed by atoms with Crippen LogP contribution in [0.3, 0.4) is 0 Å². The summed E-state index contributed by atoms with van der Waals surface area (Å²) in [5.41, 5.74) is 3.54. The summed E-state index contributed by atoms with van der Waals surface area (Å²) in [7, 11) is 1.61. The largest absolute Gasteiger partial charge is 0.497 e. The van der Waals surface area contributed by atoms with Crippen LogP contribution in [0.25, 0.3) is 0 Å². The van der Waals surface area contributed by atoms with Crippen molar-refractivity contribution in [3.8, 4) is 5.75 Å². The van der Waals surface area contributed by atoms with E-state index in [4.69, 9.17) is 4.74 Å². The molecule has 2 rings (SSSR count). The molecule has 2 nitrogen and oxygen atoms in total. The van der Waals surface area contributed by atoms with Crippen molar-refractivity contribution in [2.75, 3.05) is 7.11 Å². The number of carbonyl (C=O) groups excluding carboxylic acids is 1. The van der Waals surface area contributed by atoms with Crippen LogP contribution in [0.15, 0.2) is 42.5 Å². The van der Waals surface area contributed by atoms with Crippen molar-refractivity contribution < 1.29 is 9.53 Å². The first-order chi connectivity index (χ1) is 8.61. The Morgan fingerprint density at radius 1 is 1.00 bits per heavy atom. The molecule has 0 N–H and O–H groups in total. The molecule has 0 aliphatic carbocycles. The number of ether oxygens (including phenoxy) is 1. The molecule has 0 heterocycles. The Balaban J connectivity index is 2.38. The predicted molar refractivity (Wildman–Crippen MR) is 72.3 cm³/mol. The number of rotatable bonds is 3. The molecule has 2 heteroatoms. The summed E-state index contributed by atoms with van der Waals surface area (Å²) < 4.78 is 5.09. The normalized spacial score (nSPS) is 10.2. The van der Waals surface area contributed by atoms with Crippen molar-refractivity contribution in [2.24, 2.45) is 0 Å². The number of hydrogen-bond acceptors (Lipinski definition) is 2. The monoisotopic (exact) mass is 240 g/mol. The van der Waals surface area contributed by atoms with Crippen LogP contribution in [0.1, 0.15) is 27.0 Å². The molecule has 0 aromatic heterocycles. The predicted octanol–water partition coefficient (Wildman–Crippen LogP) is 3.54. The van der Waals surface area contributed by atoms with Crippen molar-refractivity contribution in [3.05, 3.63) is 64.7 Å². The van der Waals surface area contributed by atoms with Gasteiger partial charge in [-0.25, -0.2) is 0 Å². The zero-order valence-corrected chi connectivity index (χ0v) is 10.9. The number of benzene rings is 2. The minimum atomic E-state index is 0.0545. The van der Waals surface area contributed by atoms with E-state index in [2.05, 4.69) is 0 Å². The molecule has 18 heavy (non-hydrogen) atoms. The van der Waals surface area contributed by atoms with E-state index in [1.807, 2.05) is 32.0 Å². The lowest BCUT2D eigenvalue weighted by atomic mass is 9.97. The van der Waals surface area contributed by atoms with Gasteiger partial charge in [-0.05, 0) is 49.7 Å². The topological polar surface area (TPSA) is 26.3 Å². The Labute approximate surface area is 107 Å². The molecule has 0 saturated carbocycles. The van der Waals surface area contributed by atoms with E-state index in [-0.39, 0.29) is 5.78 Å². The molecule has 0 unspecified atom stereocenters. The summed E-state index contributed by atoms with van der Waals surface area (Å²) in [5.74, 6) is 0.811. The first-order valence-corrected chi connectivity index (χ1v) is 5.88. The lowest BCUT2D eigenvalue weighted by molar-refractivity contribution is 0.103. The standard InChI is InChI=1S/C16H16O2/c1-11-4-5-12(2)15(10-11)16(17)13-6-8-14(18-3)9-7-13/h4-10H,1-3H3. The van der Waals surface area contributed by atoms with Gasteiger partial charge in [0.25, 0.3) is 0 Å². The molecular formula is C16H16O2. The van der Waals surface area contributed by atoms with Gasteiger partial charge < -0.3 is 4.74 Å².